The quantitative estimate of drug-likeness (QED) is 0.847. The van der Waals surface area contributed by atoms with E-state index < -0.39 is 6.10 Å². The summed E-state index contributed by atoms with van der Waals surface area (Å²) in [6, 6.07) is 6.05. The number of amides is 1. The number of likely N-dealkylation sites (tertiary alicyclic amines) is 1. The summed E-state index contributed by atoms with van der Waals surface area (Å²) in [5.41, 5.74) is 2.29. The summed E-state index contributed by atoms with van der Waals surface area (Å²) >= 11 is 0. The Labute approximate surface area is 121 Å². The number of benzene rings is 1. The number of hydrogen-bond acceptors (Lipinski definition) is 2. The van der Waals surface area contributed by atoms with Crippen molar-refractivity contribution in [2.75, 3.05) is 13.1 Å². The minimum atomic E-state index is -0.412. The second kappa shape index (κ2) is 6.29. The molecule has 1 amide bonds. The number of nitrogens with zero attached hydrogens (tertiary/aromatic N) is 1. The summed E-state index contributed by atoms with van der Waals surface area (Å²) in [5, 5.41) is 0. The number of carbonyl (C=O) groups excluding carboxylic acids is 1. The highest BCUT2D eigenvalue weighted by molar-refractivity contribution is 5.81. The van der Waals surface area contributed by atoms with Gasteiger partial charge < -0.3 is 9.64 Å². The monoisotopic (exact) mass is 275 g/mol. The van der Waals surface area contributed by atoms with Gasteiger partial charge in [-0.15, -0.1) is 0 Å². The van der Waals surface area contributed by atoms with Gasteiger partial charge in [0.25, 0.3) is 5.91 Å². The maximum Gasteiger partial charge on any atom is 0.263 e. The van der Waals surface area contributed by atoms with Gasteiger partial charge in [-0.1, -0.05) is 24.6 Å². The number of aryl methyl sites for hydroxylation is 2. The summed E-state index contributed by atoms with van der Waals surface area (Å²) < 4.78 is 5.85. The van der Waals surface area contributed by atoms with E-state index in [-0.39, 0.29) is 5.91 Å². The van der Waals surface area contributed by atoms with Crippen molar-refractivity contribution in [2.45, 2.75) is 46.6 Å². The lowest BCUT2D eigenvalue weighted by atomic mass is 9.99. The Bertz CT molecular complexity index is 476. The van der Waals surface area contributed by atoms with Crippen LogP contribution in [0.25, 0.3) is 0 Å². The maximum absolute atomic E-state index is 12.4. The second-order valence-electron chi connectivity index (χ2n) is 6.04. The standard InChI is InChI=1S/C17H25NO2/c1-12-7-9-18(10-8-12)17(19)15(4)20-16-6-5-13(2)11-14(16)3/h5-6,11-12,15H,7-10H2,1-4H3/t15-/m1/s1. The topological polar surface area (TPSA) is 29.5 Å². The van der Waals surface area contributed by atoms with E-state index in [0.717, 1.165) is 43.2 Å². The van der Waals surface area contributed by atoms with Crippen molar-refractivity contribution in [1.29, 1.82) is 0 Å². The van der Waals surface area contributed by atoms with Crippen molar-refractivity contribution in [3.63, 3.8) is 0 Å². The van der Waals surface area contributed by atoms with Gasteiger partial charge in [0.1, 0.15) is 5.75 Å². The molecule has 3 nitrogen and oxygen atoms in total. The average Bonchev–Trinajstić information content (AvgIpc) is 2.42. The molecule has 1 aromatic carbocycles. The van der Waals surface area contributed by atoms with Crippen molar-refractivity contribution in [1.82, 2.24) is 4.90 Å². The molecular weight excluding hydrogens is 250 g/mol. The summed E-state index contributed by atoms with van der Waals surface area (Å²) in [6.45, 7) is 9.89. The van der Waals surface area contributed by atoms with Crippen LogP contribution in [-0.2, 0) is 4.79 Å². The molecular formula is C17H25NO2. The Morgan fingerprint density at radius 3 is 2.55 bits per heavy atom. The van der Waals surface area contributed by atoms with E-state index in [9.17, 15) is 4.79 Å². The van der Waals surface area contributed by atoms with Gasteiger partial charge >= 0.3 is 0 Å². The fourth-order valence-electron chi connectivity index (χ4n) is 2.66. The largest absolute Gasteiger partial charge is 0.481 e. The lowest BCUT2D eigenvalue weighted by molar-refractivity contribution is -0.139. The third kappa shape index (κ3) is 3.53. The first-order valence-corrected chi connectivity index (χ1v) is 7.50. The first-order valence-electron chi connectivity index (χ1n) is 7.50. The highest BCUT2D eigenvalue weighted by Crippen LogP contribution is 2.22. The minimum Gasteiger partial charge on any atom is -0.481 e. The first-order chi connectivity index (χ1) is 9.47. The Kier molecular flexibility index (Phi) is 4.69. The summed E-state index contributed by atoms with van der Waals surface area (Å²) in [4.78, 5) is 14.3. The van der Waals surface area contributed by atoms with Crippen LogP contribution in [0.4, 0.5) is 0 Å². The predicted molar refractivity (Wildman–Crippen MR) is 81.0 cm³/mol. The molecule has 1 aromatic rings. The highest BCUT2D eigenvalue weighted by Gasteiger charge is 2.25. The average molecular weight is 275 g/mol. The SMILES string of the molecule is Cc1ccc(O[C@H](C)C(=O)N2CCC(C)CC2)c(C)c1. The van der Waals surface area contributed by atoms with E-state index in [2.05, 4.69) is 19.9 Å². The molecule has 0 saturated carbocycles. The molecule has 20 heavy (non-hydrogen) atoms. The van der Waals surface area contributed by atoms with Gasteiger partial charge in [-0.3, -0.25) is 4.79 Å². The number of rotatable bonds is 3. The lowest BCUT2D eigenvalue weighted by Crippen LogP contribution is -2.44. The van der Waals surface area contributed by atoms with Crippen molar-refractivity contribution in [3.05, 3.63) is 29.3 Å². The smallest absolute Gasteiger partial charge is 0.263 e. The molecule has 1 heterocycles. The molecule has 1 aliphatic rings. The van der Waals surface area contributed by atoms with Crippen molar-refractivity contribution in [2.24, 2.45) is 5.92 Å². The van der Waals surface area contributed by atoms with Gasteiger partial charge in [-0.25, -0.2) is 0 Å². The molecule has 1 aliphatic heterocycles. The van der Waals surface area contributed by atoms with Crippen LogP contribution < -0.4 is 4.74 Å². The van der Waals surface area contributed by atoms with Crippen LogP contribution in [0.2, 0.25) is 0 Å². The molecule has 0 N–H and O–H groups in total. The molecule has 2 rings (SSSR count). The molecule has 0 bridgehead atoms. The van der Waals surface area contributed by atoms with Crippen LogP contribution in [-0.4, -0.2) is 30.0 Å². The van der Waals surface area contributed by atoms with E-state index in [1.165, 1.54) is 5.56 Å². The fourth-order valence-corrected chi connectivity index (χ4v) is 2.66. The van der Waals surface area contributed by atoms with E-state index in [1.807, 2.05) is 30.9 Å². The number of piperidine rings is 1. The molecule has 110 valence electrons. The molecule has 0 spiro atoms. The summed E-state index contributed by atoms with van der Waals surface area (Å²) in [5.74, 6) is 1.65. The van der Waals surface area contributed by atoms with Gasteiger partial charge in [-0.05, 0) is 51.2 Å². The summed E-state index contributed by atoms with van der Waals surface area (Å²) in [6.07, 6.45) is 1.79. The van der Waals surface area contributed by atoms with Gasteiger partial charge in [0.15, 0.2) is 6.10 Å². The fraction of sp³-hybridized carbons (Fsp3) is 0.588. The summed E-state index contributed by atoms with van der Waals surface area (Å²) in [7, 11) is 0. The molecule has 0 aliphatic carbocycles. The van der Waals surface area contributed by atoms with Crippen LogP contribution in [0, 0.1) is 19.8 Å². The zero-order chi connectivity index (χ0) is 14.7. The lowest BCUT2D eigenvalue weighted by Gasteiger charge is -2.32. The molecule has 1 atom stereocenters. The van der Waals surface area contributed by atoms with Gasteiger partial charge in [0.2, 0.25) is 0 Å². The molecule has 0 aromatic heterocycles. The van der Waals surface area contributed by atoms with Crippen LogP contribution in [0.15, 0.2) is 18.2 Å². The third-order valence-electron chi connectivity index (χ3n) is 4.08. The van der Waals surface area contributed by atoms with E-state index in [4.69, 9.17) is 4.74 Å². The van der Waals surface area contributed by atoms with Crippen LogP contribution in [0.5, 0.6) is 5.75 Å². The normalized spacial score (nSPS) is 17.9. The third-order valence-corrected chi connectivity index (χ3v) is 4.08. The van der Waals surface area contributed by atoms with Crippen LogP contribution >= 0.6 is 0 Å². The molecule has 1 fully saturated rings. The maximum atomic E-state index is 12.4. The van der Waals surface area contributed by atoms with Crippen molar-refractivity contribution in [3.8, 4) is 5.75 Å². The van der Waals surface area contributed by atoms with E-state index >= 15 is 0 Å². The van der Waals surface area contributed by atoms with Gasteiger partial charge in [0, 0.05) is 13.1 Å². The van der Waals surface area contributed by atoms with Gasteiger partial charge in [-0.2, -0.15) is 0 Å². The van der Waals surface area contributed by atoms with Crippen LogP contribution in [0.3, 0.4) is 0 Å². The molecule has 0 unspecified atom stereocenters. The predicted octanol–water partition coefficient (Wildman–Crippen LogP) is 3.33. The Hall–Kier alpha value is -1.51. The molecule has 1 saturated heterocycles. The number of ether oxygens (including phenoxy) is 1. The van der Waals surface area contributed by atoms with Crippen molar-refractivity contribution < 1.29 is 9.53 Å². The van der Waals surface area contributed by atoms with E-state index in [0.29, 0.717) is 0 Å². The second-order valence-corrected chi connectivity index (χ2v) is 6.04. The van der Waals surface area contributed by atoms with Gasteiger partial charge in [0.05, 0.1) is 0 Å². The van der Waals surface area contributed by atoms with Crippen LogP contribution in [0.1, 0.15) is 37.8 Å². The highest BCUT2D eigenvalue weighted by atomic mass is 16.5. The van der Waals surface area contributed by atoms with Crippen molar-refractivity contribution >= 4 is 5.91 Å². The minimum absolute atomic E-state index is 0.108. The Balaban J connectivity index is 1.97. The Morgan fingerprint density at radius 2 is 1.95 bits per heavy atom. The number of hydrogen-bond donors (Lipinski definition) is 0. The Morgan fingerprint density at radius 1 is 1.30 bits per heavy atom. The first kappa shape index (κ1) is 14.9. The zero-order valence-corrected chi connectivity index (χ0v) is 13.0. The zero-order valence-electron chi connectivity index (χ0n) is 13.0. The van der Waals surface area contributed by atoms with E-state index in [1.54, 1.807) is 0 Å². The molecule has 0 radical (unpaired) electrons. The molecule has 3 heteroatoms. The number of carbonyl (C=O) groups is 1.